The minimum Gasteiger partial charge on any atom is -0.444 e. The second-order valence-corrected chi connectivity index (χ2v) is 5.58. The summed E-state index contributed by atoms with van der Waals surface area (Å²) in [6.07, 6.45) is 0.0688. The van der Waals surface area contributed by atoms with Crippen molar-refractivity contribution in [1.29, 1.82) is 0 Å². The summed E-state index contributed by atoms with van der Waals surface area (Å²) >= 11 is 0. The second kappa shape index (κ2) is 4.44. The average molecular weight is 227 g/mol. The standard InChI is InChI=1S/C12H21NO3/c1-8(2)10-9(14)6-7-13(10)11(15)16-12(3,4)5/h8,10H,6-7H2,1-5H3/t10-/m0/s1. The Balaban J connectivity index is 2.73. The number of likely N-dealkylation sites (tertiary alicyclic amines) is 1. The fraction of sp³-hybridized carbons (Fsp3) is 0.833. The van der Waals surface area contributed by atoms with Crippen LogP contribution in [0.2, 0.25) is 0 Å². The van der Waals surface area contributed by atoms with E-state index >= 15 is 0 Å². The highest BCUT2D eigenvalue weighted by Crippen LogP contribution is 2.23. The van der Waals surface area contributed by atoms with E-state index < -0.39 is 5.60 Å². The molecule has 1 aliphatic heterocycles. The maximum absolute atomic E-state index is 11.9. The zero-order valence-corrected chi connectivity index (χ0v) is 10.7. The van der Waals surface area contributed by atoms with Gasteiger partial charge in [0.15, 0.2) is 5.78 Å². The molecule has 1 aliphatic rings. The van der Waals surface area contributed by atoms with Crippen molar-refractivity contribution in [1.82, 2.24) is 4.90 Å². The molecule has 0 spiro atoms. The molecule has 0 aromatic rings. The molecule has 4 nitrogen and oxygen atoms in total. The Morgan fingerprint density at radius 1 is 1.44 bits per heavy atom. The molecule has 1 heterocycles. The zero-order valence-electron chi connectivity index (χ0n) is 10.7. The monoisotopic (exact) mass is 227 g/mol. The fourth-order valence-corrected chi connectivity index (χ4v) is 1.95. The van der Waals surface area contributed by atoms with Gasteiger partial charge in [-0.2, -0.15) is 0 Å². The van der Waals surface area contributed by atoms with Crippen LogP contribution in [0.25, 0.3) is 0 Å². The van der Waals surface area contributed by atoms with Crippen LogP contribution in [-0.4, -0.2) is 35.0 Å². The van der Waals surface area contributed by atoms with Crippen LogP contribution in [0.1, 0.15) is 41.0 Å². The van der Waals surface area contributed by atoms with Crippen molar-refractivity contribution in [3.8, 4) is 0 Å². The van der Waals surface area contributed by atoms with Crippen LogP contribution in [0.15, 0.2) is 0 Å². The van der Waals surface area contributed by atoms with Crippen molar-refractivity contribution in [3.05, 3.63) is 0 Å². The Morgan fingerprint density at radius 2 is 2.00 bits per heavy atom. The first-order chi connectivity index (χ1) is 7.22. The molecule has 4 heteroatoms. The van der Waals surface area contributed by atoms with Crippen LogP contribution in [0, 0.1) is 5.92 Å². The lowest BCUT2D eigenvalue weighted by Gasteiger charge is -2.29. The largest absolute Gasteiger partial charge is 0.444 e. The minimum atomic E-state index is -0.510. The van der Waals surface area contributed by atoms with E-state index in [1.165, 1.54) is 0 Å². The maximum atomic E-state index is 11.9. The summed E-state index contributed by atoms with van der Waals surface area (Å²) in [6.45, 7) is 9.86. The maximum Gasteiger partial charge on any atom is 0.410 e. The van der Waals surface area contributed by atoms with Crippen LogP contribution < -0.4 is 0 Å². The normalized spacial score (nSPS) is 21.8. The lowest BCUT2D eigenvalue weighted by Crippen LogP contribution is -2.44. The molecule has 92 valence electrons. The van der Waals surface area contributed by atoms with Crippen molar-refractivity contribution < 1.29 is 14.3 Å². The second-order valence-electron chi connectivity index (χ2n) is 5.58. The van der Waals surface area contributed by atoms with Crippen molar-refractivity contribution in [2.75, 3.05) is 6.54 Å². The number of ketones is 1. The predicted octanol–water partition coefficient (Wildman–Crippen LogP) is 2.22. The number of carbonyl (C=O) groups excluding carboxylic acids is 2. The number of nitrogens with zero attached hydrogens (tertiary/aromatic N) is 1. The van der Waals surface area contributed by atoms with E-state index in [0.717, 1.165) is 0 Å². The minimum absolute atomic E-state index is 0.140. The first-order valence-electron chi connectivity index (χ1n) is 5.74. The molecule has 1 fully saturated rings. The van der Waals surface area contributed by atoms with Gasteiger partial charge < -0.3 is 4.74 Å². The Bertz CT molecular complexity index is 291. The van der Waals surface area contributed by atoms with E-state index in [4.69, 9.17) is 4.74 Å². The number of ether oxygens (including phenoxy) is 1. The van der Waals surface area contributed by atoms with Gasteiger partial charge in [-0.1, -0.05) is 13.8 Å². The van der Waals surface area contributed by atoms with Gasteiger partial charge in [0, 0.05) is 13.0 Å². The van der Waals surface area contributed by atoms with Crippen LogP contribution in [0.3, 0.4) is 0 Å². The third-order valence-corrected chi connectivity index (χ3v) is 2.52. The van der Waals surface area contributed by atoms with Gasteiger partial charge in [-0.15, -0.1) is 0 Å². The van der Waals surface area contributed by atoms with E-state index in [-0.39, 0.29) is 23.8 Å². The Morgan fingerprint density at radius 3 is 2.44 bits per heavy atom. The topological polar surface area (TPSA) is 46.6 Å². The molecule has 0 radical (unpaired) electrons. The van der Waals surface area contributed by atoms with Gasteiger partial charge in [0.25, 0.3) is 0 Å². The summed E-state index contributed by atoms with van der Waals surface area (Å²) in [6, 6.07) is -0.310. The smallest absolute Gasteiger partial charge is 0.410 e. The van der Waals surface area contributed by atoms with Gasteiger partial charge >= 0.3 is 6.09 Å². The number of hydrogen-bond donors (Lipinski definition) is 0. The molecule has 1 rings (SSSR count). The number of amides is 1. The molecule has 0 unspecified atom stereocenters. The number of carbonyl (C=O) groups is 2. The van der Waals surface area contributed by atoms with Crippen molar-refractivity contribution in [2.45, 2.75) is 52.7 Å². The third kappa shape index (κ3) is 2.97. The van der Waals surface area contributed by atoms with Crippen LogP contribution >= 0.6 is 0 Å². The summed E-state index contributed by atoms with van der Waals surface area (Å²) in [4.78, 5) is 25.1. The molecular formula is C12H21NO3. The molecule has 0 aromatic heterocycles. The lowest BCUT2D eigenvalue weighted by atomic mass is 10.0. The van der Waals surface area contributed by atoms with Crippen molar-refractivity contribution in [3.63, 3.8) is 0 Å². The average Bonchev–Trinajstić information content (AvgIpc) is 2.43. The van der Waals surface area contributed by atoms with Gasteiger partial charge in [-0.05, 0) is 26.7 Å². The molecule has 0 N–H and O–H groups in total. The van der Waals surface area contributed by atoms with E-state index in [1.807, 2.05) is 34.6 Å². The number of Topliss-reactive ketones (excluding diaryl/α,β-unsaturated/α-hetero) is 1. The molecule has 1 amide bonds. The van der Waals surface area contributed by atoms with Gasteiger partial charge in [0.05, 0.1) is 6.04 Å². The van der Waals surface area contributed by atoms with E-state index in [0.29, 0.717) is 13.0 Å². The van der Waals surface area contributed by atoms with E-state index in [2.05, 4.69) is 0 Å². The molecule has 1 saturated heterocycles. The van der Waals surface area contributed by atoms with Gasteiger partial charge in [0.1, 0.15) is 5.60 Å². The van der Waals surface area contributed by atoms with Crippen LogP contribution in [0.5, 0.6) is 0 Å². The molecule has 0 aliphatic carbocycles. The molecule has 0 saturated carbocycles. The Hall–Kier alpha value is -1.06. The summed E-state index contributed by atoms with van der Waals surface area (Å²) in [5, 5.41) is 0. The van der Waals surface area contributed by atoms with Crippen LogP contribution in [-0.2, 0) is 9.53 Å². The lowest BCUT2D eigenvalue weighted by molar-refractivity contribution is -0.121. The molecule has 16 heavy (non-hydrogen) atoms. The van der Waals surface area contributed by atoms with Gasteiger partial charge in [-0.3, -0.25) is 9.69 Å². The SMILES string of the molecule is CC(C)[C@H]1C(=O)CCN1C(=O)OC(C)(C)C. The van der Waals surface area contributed by atoms with E-state index in [1.54, 1.807) is 4.90 Å². The highest BCUT2D eigenvalue weighted by Gasteiger charge is 2.39. The quantitative estimate of drug-likeness (QED) is 0.690. The van der Waals surface area contributed by atoms with Crippen molar-refractivity contribution >= 4 is 11.9 Å². The molecular weight excluding hydrogens is 206 g/mol. The Labute approximate surface area is 96.9 Å². The van der Waals surface area contributed by atoms with Crippen LogP contribution in [0.4, 0.5) is 4.79 Å². The summed E-state index contributed by atoms with van der Waals surface area (Å²) in [5.74, 6) is 0.281. The predicted molar refractivity (Wildman–Crippen MR) is 61.2 cm³/mol. The number of rotatable bonds is 1. The first kappa shape index (κ1) is 13.0. The van der Waals surface area contributed by atoms with Crippen molar-refractivity contribution in [2.24, 2.45) is 5.92 Å². The van der Waals surface area contributed by atoms with Gasteiger partial charge in [0.2, 0.25) is 0 Å². The highest BCUT2D eigenvalue weighted by atomic mass is 16.6. The fourth-order valence-electron chi connectivity index (χ4n) is 1.95. The summed E-state index contributed by atoms with van der Waals surface area (Å²) in [5.41, 5.74) is -0.510. The Kier molecular flexibility index (Phi) is 3.61. The third-order valence-electron chi connectivity index (χ3n) is 2.52. The molecule has 0 bridgehead atoms. The van der Waals surface area contributed by atoms with E-state index in [9.17, 15) is 9.59 Å². The first-order valence-corrected chi connectivity index (χ1v) is 5.74. The molecule has 0 aromatic carbocycles. The number of hydrogen-bond acceptors (Lipinski definition) is 3. The summed E-state index contributed by atoms with van der Waals surface area (Å²) in [7, 11) is 0. The highest BCUT2D eigenvalue weighted by molar-refractivity contribution is 5.90. The van der Waals surface area contributed by atoms with Gasteiger partial charge in [-0.25, -0.2) is 4.79 Å². The summed E-state index contributed by atoms with van der Waals surface area (Å²) < 4.78 is 5.29. The molecule has 1 atom stereocenters. The zero-order chi connectivity index (χ0) is 12.5.